The molecular formula is C11H10ClN3O. The van der Waals surface area contributed by atoms with E-state index in [9.17, 15) is 4.79 Å². The number of carbonyl (C=O) groups excluding carboxylic acids is 1. The number of carbonyl (C=O) groups is 1. The van der Waals surface area contributed by atoms with Gasteiger partial charge >= 0.3 is 0 Å². The average molecular weight is 236 g/mol. The quantitative estimate of drug-likeness (QED) is 0.771. The van der Waals surface area contributed by atoms with Crippen molar-refractivity contribution in [1.29, 1.82) is 0 Å². The van der Waals surface area contributed by atoms with Crippen molar-refractivity contribution in [2.75, 3.05) is 5.73 Å². The molecule has 1 aromatic carbocycles. The smallest absolute Gasteiger partial charge is 0.264 e. The molecule has 0 unspecified atom stereocenters. The molecule has 0 spiro atoms. The van der Waals surface area contributed by atoms with Crippen LogP contribution in [0, 0.1) is 6.92 Å². The van der Waals surface area contributed by atoms with E-state index in [2.05, 4.69) is 4.98 Å². The SMILES string of the molecule is Cc1nccn1C(=O)c1ccc(N)cc1Cl. The molecule has 0 radical (unpaired) electrons. The van der Waals surface area contributed by atoms with Crippen molar-refractivity contribution >= 4 is 23.2 Å². The Kier molecular flexibility index (Phi) is 2.66. The molecule has 1 heterocycles. The van der Waals surface area contributed by atoms with Crippen molar-refractivity contribution in [1.82, 2.24) is 9.55 Å². The maximum atomic E-state index is 12.1. The van der Waals surface area contributed by atoms with Crippen molar-refractivity contribution in [2.24, 2.45) is 0 Å². The van der Waals surface area contributed by atoms with E-state index in [-0.39, 0.29) is 5.91 Å². The molecule has 2 rings (SSSR count). The number of hydrogen-bond donors (Lipinski definition) is 1. The summed E-state index contributed by atoms with van der Waals surface area (Å²) in [5.74, 6) is 0.415. The van der Waals surface area contributed by atoms with Crippen LogP contribution in [0.2, 0.25) is 5.02 Å². The van der Waals surface area contributed by atoms with Crippen LogP contribution in [0.15, 0.2) is 30.6 Å². The van der Waals surface area contributed by atoms with Gasteiger partial charge in [-0.2, -0.15) is 0 Å². The lowest BCUT2D eigenvalue weighted by molar-refractivity contribution is 0.0958. The second-order valence-corrected chi connectivity index (χ2v) is 3.80. The van der Waals surface area contributed by atoms with Gasteiger partial charge in [0.2, 0.25) is 0 Å². The summed E-state index contributed by atoms with van der Waals surface area (Å²) < 4.78 is 1.44. The maximum Gasteiger partial charge on any atom is 0.264 e. The lowest BCUT2D eigenvalue weighted by atomic mass is 10.2. The standard InChI is InChI=1S/C11H10ClN3O/c1-7-14-4-5-15(7)11(16)9-3-2-8(13)6-10(9)12/h2-6H,13H2,1H3. The lowest BCUT2D eigenvalue weighted by Gasteiger charge is -2.06. The van der Waals surface area contributed by atoms with Gasteiger partial charge in [0.15, 0.2) is 0 Å². The minimum absolute atomic E-state index is 0.208. The molecule has 5 heteroatoms. The van der Waals surface area contributed by atoms with E-state index in [1.807, 2.05) is 0 Å². The number of rotatable bonds is 1. The summed E-state index contributed by atoms with van der Waals surface area (Å²) in [5, 5.41) is 0.345. The third-order valence-corrected chi connectivity index (χ3v) is 2.58. The van der Waals surface area contributed by atoms with Gasteiger partial charge in [-0.3, -0.25) is 9.36 Å². The van der Waals surface area contributed by atoms with Crippen LogP contribution in [0.3, 0.4) is 0 Å². The first-order valence-corrected chi connectivity index (χ1v) is 5.07. The van der Waals surface area contributed by atoms with E-state index >= 15 is 0 Å². The summed E-state index contributed by atoms with van der Waals surface area (Å²) in [7, 11) is 0. The van der Waals surface area contributed by atoms with E-state index in [1.54, 1.807) is 37.5 Å². The Labute approximate surface area is 97.7 Å². The maximum absolute atomic E-state index is 12.1. The summed E-state index contributed by atoms with van der Waals surface area (Å²) in [4.78, 5) is 16.0. The summed E-state index contributed by atoms with van der Waals surface area (Å²) in [5.41, 5.74) is 6.51. The third-order valence-electron chi connectivity index (χ3n) is 2.27. The molecule has 0 fully saturated rings. The van der Waals surface area contributed by atoms with Gasteiger partial charge in [-0.1, -0.05) is 11.6 Å². The van der Waals surface area contributed by atoms with Gasteiger partial charge in [0.05, 0.1) is 10.6 Å². The number of aromatic nitrogens is 2. The Morgan fingerprint density at radius 2 is 2.25 bits per heavy atom. The number of hydrogen-bond acceptors (Lipinski definition) is 3. The van der Waals surface area contributed by atoms with Gasteiger partial charge in [0, 0.05) is 18.1 Å². The van der Waals surface area contributed by atoms with Crippen LogP contribution >= 0.6 is 11.6 Å². The first kappa shape index (κ1) is 10.7. The number of halogens is 1. The largest absolute Gasteiger partial charge is 0.399 e. The molecule has 0 saturated heterocycles. The molecule has 0 aliphatic heterocycles. The van der Waals surface area contributed by atoms with Crippen molar-refractivity contribution in [3.63, 3.8) is 0 Å². The molecule has 0 aliphatic carbocycles. The highest BCUT2D eigenvalue weighted by Crippen LogP contribution is 2.20. The Morgan fingerprint density at radius 3 is 2.81 bits per heavy atom. The van der Waals surface area contributed by atoms with Crippen LogP contribution in [-0.2, 0) is 0 Å². The fourth-order valence-electron chi connectivity index (χ4n) is 1.43. The number of benzene rings is 1. The van der Waals surface area contributed by atoms with Gasteiger partial charge in [0.1, 0.15) is 5.82 Å². The number of anilines is 1. The monoisotopic (exact) mass is 235 g/mol. The van der Waals surface area contributed by atoms with Crippen LogP contribution in [-0.4, -0.2) is 15.5 Å². The van der Waals surface area contributed by atoms with Crippen LogP contribution < -0.4 is 5.73 Å². The molecule has 0 saturated carbocycles. The lowest BCUT2D eigenvalue weighted by Crippen LogP contribution is -2.13. The van der Waals surface area contributed by atoms with Gasteiger partial charge in [-0.25, -0.2) is 4.98 Å². The normalized spacial score (nSPS) is 10.4. The van der Waals surface area contributed by atoms with Gasteiger partial charge < -0.3 is 5.73 Å². The third kappa shape index (κ3) is 1.79. The molecule has 4 nitrogen and oxygen atoms in total. The molecule has 0 atom stereocenters. The van der Waals surface area contributed by atoms with Gasteiger partial charge in [-0.15, -0.1) is 0 Å². The van der Waals surface area contributed by atoms with E-state index in [0.717, 1.165) is 0 Å². The zero-order valence-corrected chi connectivity index (χ0v) is 9.40. The number of nitrogens with zero attached hydrogens (tertiary/aromatic N) is 2. The number of imidazole rings is 1. The fourth-order valence-corrected chi connectivity index (χ4v) is 1.70. The molecular weight excluding hydrogens is 226 g/mol. The number of nitrogens with two attached hydrogens (primary N) is 1. The van der Waals surface area contributed by atoms with E-state index in [0.29, 0.717) is 22.1 Å². The number of aryl methyl sites for hydroxylation is 1. The highest BCUT2D eigenvalue weighted by Gasteiger charge is 2.13. The Bertz CT molecular complexity index is 548. The molecule has 0 aliphatic rings. The van der Waals surface area contributed by atoms with Crippen LogP contribution in [0.1, 0.15) is 16.2 Å². The molecule has 2 aromatic rings. The second-order valence-electron chi connectivity index (χ2n) is 3.39. The zero-order chi connectivity index (χ0) is 11.7. The van der Waals surface area contributed by atoms with E-state index < -0.39 is 0 Å². The minimum atomic E-state index is -0.208. The Balaban J connectivity index is 2.46. The topological polar surface area (TPSA) is 60.9 Å². The van der Waals surface area contributed by atoms with Crippen molar-refractivity contribution < 1.29 is 4.79 Å². The average Bonchev–Trinajstić information content (AvgIpc) is 2.63. The van der Waals surface area contributed by atoms with Crippen LogP contribution in [0.25, 0.3) is 0 Å². The summed E-state index contributed by atoms with van der Waals surface area (Å²) >= 11 is 5.96. The zero-order valence-electron chi connectivity index (χ0n) is 8.64. The molecule has 16 heavy (non-hydrogen) atoms. The van der Waals surface area contributed by atoms with Gasteiger partial charge in [0.25, 0.3) is 5.91 Å². The molecule has 82 valence electrons. The van der Waals surface area contributed by atoms with E-state index in [1.165, 1.54) is 4.57 Å². The second kappa shape index (κ2) is 3.98. The summed E-state index contributed by atoms with van der Waals surface area (Å²) in [6.45, 7) is 1.75. The highest BCUT2D eigenvalue weighted by molar-refractivity contribution is 6.34. The van der Waals surface area contributed by atoms with E-state index in [4.69, 9.17) is 17.3 Å². The van der Waals surface area contributed by atoms with Crippen LogP contribution in [0.4, 0.5) is 5.69 Å². The van der Waals surface area contributed by atoms with Crippen molar-refractivity contribution in [2.45, 2.75) is 6.92 Å². The predicted octanol–water partition coefficient (Wildman–Crippen LogP) is 2.12. The predicted molar refractivity (Wildman–Crippen MR) is 62.6 cm³/mol. The van der Waals surface area contributed by atoms with Crippen molar-refractivity contribution in [3.8, 4) is 0 Å². The first-order chi connectivity index (χ1) is 7.59. The van der Waals surface area contributed by atoms with Gasteiger partial charge in [-0.05, 0) is 25.1 Å². The van der Waals surface area contributed by atoms with Crippen molar-refractivity contribution in [3.05, 3.63) is 47.0 Å². The summed E-state index contributed by atoms with van der Waals surface area (Å²) in [6.07, 6.45) is 3.17. The fraction of sp³-hybridized carbons (Fsp3) is 0.0909. The summed E-state index contributed by atoms with van der Waals surface area (Å²) in [6, 6.07) is 4.81. The Morgan fingerprint density at radius 1 is 1.50 bits per heavy atom. The Hall–Kier alpha value is -1.81. The van der Waals surface area contributed by atoms with Crippen LogP contribution in [0.5, 0.6) is 0 Å². The molecule has 0 bridgehead atoms. The molecule has 1 aromatic heterocycles. The molecule has 2 N–H and O–H groups in total. The molecule has 0 amide bonds. The first-order valence-electron chi connectivity index (χ1n) is 4.69. The minimum Gasteiger partial charge on any atom is -0.399 e. The number of nitrogen functional groups attached to an aromatic ring is 1. The highest BCUT2D eigenvalue weighted by atomic mass is 35.5.